The Balaban J connectivity index is 1.35. The van der Waals surface area contributed by atoms with Crippen molar-refractivity contribution in [1.29, 1.82) is 0 Å². The normalized spacial score (nSPS) is 15.1. The van der Waals surface area contributed by atoms with Gasteiger partial charge in [-0.15, -0.1) is 0 Å². The maximum Gasteiger partial charge on any atom is 0.243 e. The van der Waals surface area contributed by atoms with Gasteiger partial charge in [-0.3, -0.25) is 20.4 Å². The molecule has 1 atom stereocenters. The zero-order valence-corrected chi connectivity index (χ0v) is 20.2. The number of carbonyl (C=O) groups excluding carboxylic acids is 2. The van der Waals surface area contributed by atoms with Gasteiger partial charge in [-0.1, -0.05) is 29.3 Å². The molecule has 10 heteroatoms. The van der Waals surface area contributed by atoms with E-state index in [2.05, 4.69) is 10.9 Å². The molecule has 7 nitrogen and oxygen atoms in total. The van der Waals surface area contributed by atoms with Crippen LogP contribution in [0.3, 0.4) is 0 Å². The van der Waals surface area contributed by atoms with Crippen molar-refractivity contribution in [2.75, 3.05) is 24.0 Å². The molecule has 0 spiro atoms. The molecule has 3 aromatic rings. The van der Waals surface area contributed by atoms with E-state index in [-0.39, 0.29) is 31.4 Å². The van der Waals surface area contributed by atoms with E-state index in [9.17, 15) is 14.0 Å². The van der Waals surface area contributed by atoms with Crippen LogP contribution in [0.15, 0.2) is 60.7 Å². The number of benzene rings is 3. The number of amides is 2. The van der Waals surface area contributed by atoms with E-state index in [1.54, 1.807) is 36.4 Å². The lowest BCUT2D eigenvalue weighted by Gasteiger charge is -2.17. The van der Waals surface area contributed by atoms with E-state index in [0.717, 1.165) is 0 Å². The molecule has 2 amide bonds. The fourth-order valence-corrected chi connectivity index (χ4v) is 4.18. The Morgan fingerprint density at radius 1 is 1.09 bits per heavy atom. The Labute approximate surface area is 211 Å². The highest BCUT2D eigenvalue weighted by atomic mass is 35.5. The van der Waals surface area contributed by atoms with Gasteiger partial charge in [0.25, 0.3) is 0 Å². The standard InChI is InChI=1S/C25H22Cl2FN3O4/c1-34-23-12-17(7-10-22(23)35-14-19-20(26)3-2-4-21(19)27)29-30-25(33)15-11-24(32)31(13-15)18-8-5-16(28)6-9-18/h2-10,12,15,29H,11,13-14H2,1H3,(H,30,33)/t15-/m1/s1. The molecule has 0 aromatic heterocycles. The minimum Gasteiger partial charge on any atom is -0.493 e. The van der Waals surface area contributed by atoms with Crippen molar-refractivity contribution in [3.63, 3.8) is 0 Å². The Bertz CT molecular complexity index is 1220. The molecule has 2 N–H and O–H groups in total. The smallest absolute Gasteiger partial charge is 0.243 e. The Morgan fingerprint density at radius 3 is 2.49 bits per heavy atom. The molecule has 0 bridgehead atoms. The molecule has 1 heterocycles. The van der Waals surface area contributed by atoms with Gasteiger partial charge in [-0.2, -0.15) is 0 Å². The van der Waals surface area contributed by atoms with E-state index >= 15 is 0 Å². The van der Waals surface area contributed by atoms with Gasteiger partial charge in [0.15, 0.2) is 11.5 Å². The number of halogens is 3. The maximum atomic E-state index is 13.2. The lowest BCUT2D eigenvalue weighted by Crippen LogP contribution is -2.36. The number of carbonyl (C=O) groups is 2. The molecule has 1 saturated heterocycles. The van der Waals surface area contributed by atoms with Gasteiger partial charge in [-0.05, 0) is 48.5 Å². The van der Waals surface area contributed by atoms with Crippen LogP contribution in [0.1, 0.15) is 12.0 Å². The predicted octanol–water partition coefficient (Wildman–Crippen LogP) is 5.22. The highest BCUT2D eigenvalue weighted by Crippen LogP contribution is 2.33. The number of nitrogens with zero attached hydrogens (tertiary/aromatic N) is 1. The first-order valence-electron chi connectivity index (χ1n) is 10.7. The van der Waals surface area contributed by atoms with Crippen LogP contribution in [0, 0.1) is 11.7 Å². The second-order valence-electron chi connectivity index (χ2n) is 7.85. The largest absolute Gasteiger partial charge is 0.493 e. The lowest BCUT2D eigenvalue weighted by molar-refractivity contribution is -0.125. The first-order valence-corrected chi connectivity index (χ1v) is 11.5. The average molecular weight is 518 g/mol. The first kappa shape index (κ1) is 24.6. The molecule has 35 heavy (non-hydrogen) atoms. The molecule has 3 aromatic carbocycles. The molecule has 0 aliphatic carbocycles. The van der Waals surface area contributed by atoms with E-state index in [4.69, 9.17) is 32.7 Å². The van der Waals surface area contributed by atoms with Crippen LogP contribution in [0.5, 0.6) is 11.5 Å². The number of hydrazine groups is 1. The molecule has 1 fully saturated rings. The fraction of sp³-hybridized carbons (Fsp3) is 0.200. The third-order valence-electron chi connectivity index (χ3n) is 5.56. The van der Waals surface area contributed by atoms with E-state index in [1.807, 2.05) is 0 Å². The summed E-state index contributed by atoms with van der Waals surface area (Å²) in [6.45, 7) is 0.358. The van der Waals surface area contributed by atoms with Crippen molar-refractivity contribution in [2.24, 2.45) is 5.92 Å². The Kier molecular flexibility index (Phi) is 7.63. The molecule has 0 radical (unpaired) electrons. The van der Waals surface area contributed by atoms with Crippen molar-refractivity contribution < 1.29 is 23.5 Å². The van der Waals surface area contributed by atoms with Crippen LogP contribution in [0.4, 0.5) is 15.8 Å². The zero-order chi connectivity index (χ0) is 24.9. The SMILES string of the molecule is COc1cc(NNC(=O)[C@@H]2CC(=O)N(c3ccc(F)cc3)C2)ccc1OCc1c(Cl)cccc1Cl. The number of ether oxygens (including phenoxy) is 2. The fourth-order valence-electron chi connectivity index (χ4n) is 3.67. The summed E-state index contributed by atoms with van der Waals surface area (Å²) in [5, 5.41) is 1.00. The number of anilines is 2. The summed E-state index contributed by atoms with van der Waals surface area (Å²) in [5.41, 5.74) is 7.23. The zero-order valence-electron chi connectivity index (χ0n) is 18.7. The second-order valence-corrected chi connectivity index (χ2v) is 8.66. The quantitative estimate of drug-likeness (QED) is 0.400. The maximum absolute atomic E-state index is 13.2. The van der Waals surface area contributed by atoms with Crippen LogP contribution in [0.25, 0.3) is 0 Å². The van der Waals surface area contributed by atoms with Crippen molar-refractivity contribution in [3.8, 4) is 11.5 Å². The van der Waals surface area contributed by atoms with Crippen LogP contribution >= 0.6 is 23.2 Å². The van der Waals surface area contributed by atoms with Gasteiger partial charge in [0.2, 0.25) is 11.8 Å². The van der Waals surface area contributed by atoms with E-state index < -0.39 is 11.7 Å². The Morgan fingerprint density at radius 2 is 1.80 bits per heavy atom. The van der Waals surface area contributed by atoms with Crippen LogP contribution < -0.4 is 25.2 Å². The monoisotopic (exact) mass is 517 g/mol. The summed E-state index contributed by atoms with van der Waals surface area (Å²) in [4.78, 5) is 26.5. The van der Waals surface area contributed by atoms with Crippen molar-refractivity contribution >= 4 is 46.4 Å². The summed E-state index contributed by atoms with van der Waals surface area (Å²) in [6.07, 6.45) is 0.0611. The minimum absolute atomic E-state index is 0.0611. The van der Waals surface area contributed by atoms with Gasteiger partial charge in [-0.25, -0.2) is 4.39 Å². The third-order valence-corrected chi connectivity index (χ3v) is 6.27. The van der Waals surface area contributed by atoms with Crippen molar-refractivity contribution in [3.05, 3.63) is 82.1 Å². The summed E-state index contributed by atoms with van der Waals surface area (Å²) in [7, 11) is 1.50. The molecule has 182 valence electrons. The van der Waals surface area contributed by atoms with Gasteiger partial charge >= 0.3 is 0 Å². The molecule has 0 saturated carbocycles. The van der Waals surface area contributed by atoms with Crippen LogP contribution in [-0.4, -0.2) is 25.5 Å². The number of hydrogen-bond acceptors (Lipinski definition) is 5. The van der Waals surface area contributed by atoms with E-state index in [1.165, 1.54) is 36.3 Å². The van der Waals surface area contributed by atoms with Crippen LogP contribution in [-0.2, 0) is 16.2 Å². The molecule has 4 rings (SSSR count). The summed E-state index contributed by atoms with van der Waals surface area (Å²) in [5.74, 6) is -0.569. The highest BCUT2D eigenvalue weighted by molar-refractivity contribution is 6.35. The molecule has 1 aliphatic heterocycles. The number of rotatable bonds is 8. The molecular weight excluding hydrogens is 496 g/mol. The van der Waals surface area contributed by atoms with Gasteiger partial charge in [0.05, 0.1) is 18.7 Å². The minimum atomic E-state index is -0.551. The van der Waals surface area contributed by atoms with Crippen molar-refractivity contribution in [1.82, 2.24) is 5.43 Å². The topological polar surface area (TPSA) is 79.9 Å². The first-order chi connectivity index (χ1) is 16.9. The molecular formula is C25H22Cl2FN3O4. The second kappa shape index (κ2) is 10.8. The highest BCUT2D eigenvalue weighted by Gasteiger charge is 2.35. The Hall–Kier alpha value is -3.49. The predicted molar refractivity (Wildman–Crippen MR) is 132 cm³/mol. The molecule has 1 aliphatic rings. The summed E-state index contributed by atoms with van der Waals surface area (Å²) < 4.78 is 24.4. The van der Waals surface area contributed by atoms with E-state index in [0.29, 0.717) is 38.5 Å². The summed E-state index contributed by atoms with van der Waals surface area (Å²) >= 11 is 12.4. The number of methoxy groups -OCH3 is 1. The van der Waals surface area contributed by atoms with Gasteiger partial charge in [0, 0.05) is 40.3 Å². The van der Waals surface area contributed by atoms with Gasteiger partial charge in [0.1, 0.15) is 12.4 Å². The van der Waals surface area contributed by atoms with Gasteiger partial charge < -0.3 is 14.4 Å². The summed E-state index contributed by atoms with van der Waals surface area (Å²) in [6, 6.07) is 15.9. The van der Waals surface area contributed by atoms with Crippen LogP contribution in [0.2, 0.25) is 10.0 Å². The average Bonchev–Trinajstić information content (AvgIpc) is 3.24. The lowest BCUT2D eigenvalue weighted by atomic mass is 10.1. The molecule has 0 unspecified atom stereocenters. The van der Waals surface area contributed by atoms with Crippen molar-refractivity contribution in [2.45, 2.75) is 13.0 Å². The third kappa shape index (κ3) is 5.78. The number of hydrogen-bond donors (Lipinski definition) is 2. The number of nitrogens with one attached hydrogen (secondary N) is 2.